The fraction of sp³-hybridized carbons (Fsp3) is 0.462. The Balaban J connectivity index is 1.94. The van der Waals surface area contributed by atoms with Gasteiger partial charge in [0, 0.05) is 12.8 Å². The molecule has 1 aliphatic rings. The number of oxime groups is 1. The van der Waals surface area contributed by atoms with Crippen molar-refractivity contribution in [1.29, 1.82) is 0 Å². The Morgan fingerprint density at radius 3 is 2.88 bits per heavy atom. The van der Waals surface area contributed by atoms with Crippen LogP contribution in [0.5, 0.6) is 0 Å². The standard InChI is InChI=1S/C13H17NO3/c1-10(14-15)12-7-8-16-13(17-12)9-11-5-3-2-4-6-11/h2-6,12-13,15H,7-9H2,1H3. The molecule has 2 unspecified atom stereocenters. The highest BCUT2D eigenvalue weighted by molar-refractivity contribution is 5.85. The van der Waals surface area contributed by atoms with Gasteiger partial charge in [-0.25, -0.2) is 0 Å². The number of hydrogen-bond acceptors (Lipinski definition) is 4. The molecule has 0 aromatic heterocycles. The third-order valence-electron chi connectivity index (χ3n) is 2.87. The van der Waals surface area contributed by atoms with Crippen molar-refractivity contribution in [1.82, 2.24) is 0 Å². The first kappa shape index (κ1) is 12.1. The van der Waals surface area contributed by atoms with E-state index < -0.39 is 0 Å². The minimum atomic E-state index is -0.257. The molecule has 4 nitrogen and oxygen atoms in total. The lowest BCUT2D eigenvalue weighted by atomic mass is 10.1. The number of hydrogen-bond donors (Lipinski definition) is 1. The van der Waals surface area contributed by atoms with Gasteiger partial charge < -0.3 is 14.7 Å². The fourth-order valence-electron chi connectivity index (χ4n) is 1.88. The molecule has 1 aliphatic heterocycles. The van der Waals surface area contributed by atoms with E-state index in [1.165, 1.54) is 5.56 Å². The first-order valence-electron chi connectivity index (χ1n) is 5.79. The maximum Gasteiger partial charge on any atom is 0.162 e. The predicted octanol–water partition coefficient (Wildman–Crippen LogP) is 2.21. The van der Waals surface area contributed by atoms with Crippen molar-refractivity contribution in [2.75, 3.05) is 6.61 Å². The molecular formula is C13H17NO3. The van der Waals surface area contributed by atoms with Crippen molar-refractivity contribution in [3.63, 3.8) is 0 Å². The van der Waals surface area contributed by atoms with Crippen LogP contribution in [0.15, 0.2) is 35.5 Å². The van der Waals surface area contributed by atoms with Gasteiger partial charge in [-0.15, -0.1) is 0 Å². The topological polar surface area (TPSA) is 51.1 Å². The molecule has 1 aromatic rings. The summed E-state index contributed by atoms with van der Waals surface area (Å²) >= 11 is 0. The highest BCUT2D eigenvalue weighted by Gasteiger charge is 2.25. The summed E-state index contributed by atoms with van der Waals surface area (Å²) in [5, 5.41) is 11.9. The predicted molar refractivity (Wildman–Crippen MR) is 64.3 cm³/mol. The zero-order chi connectivity index (χ0) is 12.1. The van der Waals surface area contributed by atoms with Gasteiger partial charge in [0.25, 0.3) is 0 Å². The minimum absolute atomic E-state index is 0.137. The maximum absolute atomic E-state index is 8.73. The molecule has 17 heavy (non-hydrogen) atoms. The van der Waals surface area contributed by atoms with E-state index in [1.54, 1.807) is 6.92 Å². The second-order valence-electron chi connectivity index (χ2n) is 4.14. The Morgan fingerprint density at radius 1 is 1.41 bits per heavy atom. The van der Waals surface area contributed by atoms with Crippen LogP contribution >= 0.6 is 0 Å². The number of rotatable bonds is 3. The van der Waals surface area contributed by atoms with Crippen LogP contribution in [0.25, 0.3) is 0 Å². The lowest BCUT2D eigenvalue weighted by Gasteiger charge is -2.29. The molecule has 1 fully saturated rings. The maximum atomic E-state index is 8.73. The molecule has 1 saturated heterocycles. The molecule has 0 amide bonds. The van der Waals surface area contributed by atoms with E-state index in [9.17, 15) is 0 Å². The highest BCUT2D eigenvalue weighted by Crippen LogP contribution is 2.17. The van der Waals surface area contributed by atoms with E-state index in [0.717, 1.165) is 12.8 Å². The molecule has 0 saturated carbocycles. The SMILES string of the molecule is CC(=NO)C1CCOC(Cc2ccccc2)O1. The number of ether oxygens (including phenoxy) is 2. The van der Waals surface area contributed by atoms with E-state index in [2.05, 4.69) is 5.16 Å². The van der Waals surface area contributed by atoms with E-state index >= 15 is 0 Å². The summed E-state index contributed by atoms with van der Waals surface area (Å²) in [6, 6.07) is 10.1. The largest absolute Gasteiger partial charge is 0.411 e. The van der Waals surface area contributed by atoms with E-state index in [4.69, 9.17) is 14.7 Å². The Kier molecular flexibility index (Phi) is 4.12. The van der Waals surface area contributed by atoms with Gasteiger partial charge in [0.15, 0.2) is 6.29 Å². The third-order valence-corrected chi connectivity index (χ3v) is 2.87. The van der Waals surface area contributed by atoms with Crippen LogP contribution in [0, 0.1) is 0 Å². The van der Waals surface area contributed by atoms with Crippen LogP contribution in [-0.2, 0) is 15.9 Å². The van der Waals surface area contributed by atoms with Crippen molar-refractivity contribution in [2.45, 2.75) is 32.2 Å². The van der Waals surface area contributed by atoms with Crippen molar-refractivity contribution >= 4 is 5.71 Å². The third kappa shape index (κ3) is 3.28. The van der Waals surface area contributed by atoms with E-state index in [-0.39, 0.29) is 12.4 Å². The van der Waals surface area contributed by atoms with Gasteiger partial charge in [0.1, 0.15) is 6.10 Å². The van der Waals surface area contributed by atoms with Crippen molar-refractivity contribution in [3.8, 4) is 0 Å². The molecule has 0 bridgehead atoms. The van der Waals surface area contributed by atoms with Crippen LogP contribution < -0.4 is 0 Å². The quantitative estimate of drug-likeness (QED) is 0.496. The Morgan fingerprint density at radius 2 is 2.18 bits per heavy atom. The lowest BCUT2D eigenvalue weighted by Crippen LogP contribution is -2.37. The smallest absolute Gasteiger partial charge is 0.162 e. The second kappa shape index (κ2) is 5.80. The monoisotopic (exact) mass is 235 g/mol. The van der Waals surface area contributed by atoms with Crippen molar-refractivity contribution < 1.29 is 14.7 Å². The summed E-state index contributed by atoms with van der Waals surface area (Å²) in [5.41, 5.74) is 1.78. The summed E-state index contributed by atoms with van der Waals surface area (Å²) in [5.74, 6) is 0. The zero-order valence-corrected chi connectivity index (χ0v) is 9.87. The van der Waals surface area contributed by atoms with Gasteiger partial charge in [-0.05, 0) is 12.5 Å². The average molecular weight is 235 g/mol. The van der Waals surface area contributed by atoms with Crippen LogP contribution in [0.1, 0.15) is 18.9 Å². The van der Waals surface area contributed by atoms with Gasteiger partial charge in [0.05, 0.1) is 12.3 Å². The Labute approximate surface area is 101 Å². The first-order chi connectivity index (χ1) is 8.29. The van der Waals surface area contributed by atoms with Crippen LogP contribution in [0.4, 0.5) is 0 Å². The average Bonchev–Trinajstić information content (AvgIpc) is 2.39. The number of nitrogens with zero attached hydrogens (tertiary/aromatic N) is 1. The zero-order valence-electron chi connectivity index (χ0n) is 9.87. The van der Waals surface area contributed by atoms with Crippen molar-refractivity contribution in [2.24, 2.45) is 5.16 Å². The Bertz CT molecular complexity index is 378. The van der Waals surface area contributed by atoms with Gasteiger partial charge >= 0.3 is 0 Å². The van der Waals surface area contributed by atoms with Gasteiger partial charge in [0.2, 0.25) is 0 Å². The molecule has 1 heterocycles. The fourth-order valence-corrected chi connectivity index (χ4v) is 1.88. The van der Waals surface area contributed by atoms with Gasteiger partial charge in [-0.1, -0.05) is 35.5 Å². The normalized spacial score (nSPS) is 25.8. The molecule has 2 atom stereocenters. The summed E-state index contributed by atoms with van der Waals surface area (Å²) in [7, 11) is 0. The molecule has 92 valence electrons. The summed E-state index contributed by atoms with van der Waals surface area (Å²) in [6.07, 6.45) is 1.06. The Hall–Kier alpha value is -1.39. The molecule has 2 rings (SSSR count). The van der Waals surface area contributed by atoms with Gasteiger partial charge in [-0.3, -0.25) is 0 Å². The first-order valence-corrected chi connectivity index (χ1v) is 5.79. The molecular weight excluding hydrogens is 218 g/mol. The van der Waals surface area contributed by atoms with Crippen LogP contribution in [0.3, 0.4) is 0 Å². The van der Waals surface area contributed by atoms with Gasteiger partial charge in [-0.2, -0.15) is 0 Å². The molecule has 4 heteroatoms. The van der Waals surface area contributed by atoms with E-state index in [0.29, 0.717) is 12.3 Å². The molecule has 1 N–H and O–H groups in total. The highest BCUT2D eigenvalue weighted by atomic mass is 16.7. The molecule has 0 radical (unpaired) electrons. The second-order valence-corrected chi connectivity index (χ2v) is 4.14. The summed E-state index contributed by atoms with van der Waals surface area (Å²) < 4.78 is 11.3. The lowest BCUT2D eigenvalue weighted by molar-refractivity contribution is -0.193. The molecule has 0 spiro atoms. The number of benzene rings is 1. The summed E-state index contributed by atoms with van der Waals surface area (Å²) in [6.45, 7) is 2.39. The molecule has 1 aromatic carbocycles. The minimum Gasteiger partial charge on any atom is -0.411 e. The van der Waals surface area contributed by atoms with Crippen molar-refractivity contribution in [3.05, 3.63) is 35.9 Å². The van der Waals surface area contributed by atoms with Crippen LogP contribution in [-0.4, -0.2) is 29.9 Å². The summed E-state index contributed by atoms with van der Waals surface area (Å²) in [4.78, 5) is 0. The van der Waals surface area contributed by atoms with E-state index in [1.807, 2.05) is 30.3 Å². The van der Waals surface area contributed by atoms with Crippen LogP contribution in [0.2, 0.25) is 0 Å². The molecule has 0 aliphatic carbocycles.